The third-order valence-corrected chi connectivity index (χ3v) is 2.69. The molecule has 1 aliphatic rings. The number of alkyl halides is 3. The molecule has 0 saturated carbocycles. The molecular formula is C9H14F3NO. The summed E-state index contributed by atoms with van der Waals surface area (Å²) < 4.78 is 38.3. The summed E-state index contributed by atoms with van der Waals surface area (Å²) in [6, 6.07) is 0. The van der Waals surface area contributed by atoms with Gasteiger partial charge in [-0.1, -0.05) is 13.8 Å². The van der Waals surface area contributed by atoms with Crippen LogP contribution in [0, 0.1) is 11.3 Å². The number of carbonyl (C=O) groups excluding carboxylic acids is 1. The highest BCUT2D eigenvalue weighted by Gasteiger charge is 2.61. The Bertz CT molecular complexity index is 229. The van der Waals surface area contributed by atoms with Crippen LogP contribution in [-0.4, -0.2) is 25.0 Å². The standard InChI is InChI=1S/C9H14F3NO/c1-6(2)7(14)8(9(10,11)12)3-4-13-5-8/h6,13H,3-5H2,1-2H3. The summed E-state index contributed by atoms with van der Waals surface area (Å²) in [5.74, 6) is -1.27. The first-order valence-electron chi connectivity index (χ1n) is 4.63. The molecule has 0 bridgehead atoms. The maximum absolute atomic E-state index is 12.8. The fraction of sp³-hybridized carbons (Fsp3) is 0.889. The van der Waals surface area contributed by atoms with Gasteiger partial charge in [0.25, 0.3) is 0 Å². The lowest BCUT2D eigenvalue weighted by Gasteiger charge is -2.30. The molecule has 1 heterocycles. The minimum atomic E-state index is -4.43. The molecule has 82 valence electrons. The van der Waals surface area contributed by atoms with Gasteiger partial charge in [-0.25, -0.2) is 0 Å². The average Bonchev–Trinajstić information content (AvgIpc) is 2.50. The minimum Gasteiger partial charge on any atom is -0.315 e. The minimum absolute atomic E-state index is 0.131. The van der Waals surface area contributed by atoms with Gasteiger partial charge >= 0.3 is 6.18 Å². The van der Waals surface area contributed by atoms with Gasteiger partial charge in [0.05, 0.1) is 0 Å². The molecule has 0 aromatic heterocycles. The predicted octanol–water partition coefficient (Wildman–Crippen LogP) is 1.75. The first kappa shape index (κ1) is 11.5. The second-order valence-electron chi connectivity index (χ2n) is 4.03. The molecule has 2 nitrogen and oxygen atoms in total. The molecule has 0 aromatic rings. The summed E-state index contributed by atoms with van der Waals surface area (Å²) in [5, 5.41) is 2.61. The van der Waals surface area contributed by atoms with Gasteiger partial charge in [0.2, 0.25) is 0 Å². The molecule has 1 saturated heterocycles. The summed E-state index contributed by atoms with van der Waals surface area (Å²) in [6.07, 6.45) is -4.56. The van der Waals surface area contributed by atoms with Crippen LogP contribution in [0.4, 0.5) is 13.2 Å². The van der Waals surface area contributed by atoms with Crippen LogP contribution in [-0.2, 0) is 4.79 Å². The van der Waals surface area contributed by atoms with Gasteiger partial charge in [-0.2, -0.15) is 13.2 Å². The first-order valence-corrected chi connectivity index (χ1v) is 4.63. The van der Waals surface area contributed by atoms with E-state index >= 15 is 0 Å². The number of halogens is 3. The van der Waals surface area contributed by atoms with E-state index in [1.807, 2.05) is 0 Å². The van der Waals surface area contributed by atoms with Gasteiger partial charge < -0.3 is 5.32 Å². The van der Waals surface area contributed by atoms with Crippen molar-refractivity contribution in [3.8, 4) is 0 Å². The van der Waals surface area contributed by atoms with Gasteiger partial charge in [-0.15, -0.1) is 0 Å². The predicted molar refractivity (Wildman–Crippen MR) is 45.8 cm³/mol. The van der Waals surface area contributed by atoms with Crippen LogP contribution >= 0.6 is 0 Å². The van der Waals surface area contributed by atoms with Crippen molar-refractivity contribution >= 4 is 5.78 Å². The number of Topliss-reactive ketones (excluding diaryl/α,β-unsaturated/α-hetero) is 1. The Hall–Kier alpha value is -0.580. The Morgan fingerprint density at radius 2 is 2.00 bits per heavy atom. The van der Waals surface area contributed by atoms with Crippen LogP contribution < -0.4 is 5.32 Å². The maximum atomic E-state index is 12.8. The van der Waals surface area contributed by atoms with Crippen molar-refractivity contribution in [3.63, 3.8) is 0 Å². The second kappa shape index (κ2) is 3.53. The molecular weight excluding hydrogens is 195 g/mol. The monoisotopic (exact) mass is 209 g/mol. The van der Waals surface area contributed by atoms with Crippen molar-refractivity contribution in [2.45, 2.75) is 26.4 Å². The number of carbonyl (C=O) groups is 1. The summed E-state index contributed by atoms with van der Waals surface area (Å²) in [5.41, 5.74) is -2.14. The first-order chi connectivity index (χ1) is 6.31. The van der Waals surface area contributed by atoms with Crippen molar-refractivity contribution in [2.75, 3.05) is 13.1 Å². The van der Waals surface area contributed by atoms with E-state index in [9.17, 15) is 18.0 Å². The molecule has 1 rings (SSSR count). The molecule has 14 heavy (non-hydrogen) atoms. The Morgan fingerprint density at radius 3 is 2.29 bits per heavy atom. The average molecular weight is 209 g/mol. The van der Waals surface area contributed by atoms with E-state index in [0.717, 1.165) is 0 Å². The van der Waals surface area contributed by atoms with Crippen molar-refractivity contribution < 1.29 is 18.0 Å². The van der Waals surface area contributed by atoms with Crippen LogP contribution in [0.25, 0.3) is 0 Å². The van der Waals surface area contributed by atoms with E-state index in [4.69, 9.17) is 0 Å². The molecule has 0 spiro atoms. The van der Waals surface area contributed by atoms with Crippen molar-refractivity contribution in [3.05, 3.63) is 0 Å². The van der Waals surface area contributed by atoms with Gasteiger partial charge in [-0.05, 0) is 13.0 Å². The van der Waals surface area contributed by atoms with Gasteiger partial charge in [-0.3, -0.25) is 4.79 Å². The Morgan fingerprint density at radius 1 is 1.43 bits per heavy atom. The van der Waals surface area contributed by atoms with E-state index in [1.165, 1.54) is 13.8 Å². The van der Waals surface area contributed by atoms with Crippen LogP contribution in [0.15, 0.2) is 0 Å². The molecule has 0 amide bonds. The fourth-order valence-electron chi connectivity index (χ4n) is 1.84. The van der Waals surface area contributed by atoms with Gasteiger partial charge in [0, 0.05) is 12.5 Å². The zero-order valence-corrected chi connectivity index (χ0v) is 8.24. The highest BCUT2D eigenvalue weighted by atomic mass is 19.4. The topological polar surface area (TPSA) is 29.1 Å². The van der Waals surface area contributed by atoms with Crippen LogP contribution in [0.2, 0.25) is 0 Å². The SMILES string of the molecule is CC(C)C(=O)C1(C(F)(F)F)CCNC1. The third kappa shape index (κ3) is 1.65. The van der Waals surface area contributed by atoms with Gasteiger partial charge in [0.15, 0.2) is 5.78 Å². The summed E-state index contributed by atoms with van der Waals surface area (Å²) in [4.78, 5) is 11.6. The van der Waals surface area contributed by atoms with Crippen molar-refractivity contribution in [1.82, 2.24) is 5.32 Å². The lowest BCUT2D eigenvalue weighted by Crippen LogP contribution is -2.48. The second-order valence-corrected chi connectivity index (χ2v) is 4.03. The molecule has 5 heteroatoms. The molecule has 0 aromatic carbocycles. The largest absolute Gasteiger partial charge is 0.402 e. The molecule has 1 fully saturated rings. The van der Waals surface area contributed by atoms with Crippen LogP contribution in [0.1, 0.15) is 20.3 Å². The maximum Gasteiger partial charge on any atom is 0.402 e. The molecule has 1 atom stereocenters. The molecule has 1 unspecified atom stereocenters. The Kier molecular flexibility index (Phi) is 2.90. The lowest BCUT2D eigenvalue weighted by molar-refractivity contribution is -0.216. The number of hydrogen-bond donors (Lipinski definition) is 1. The fourth-order valence-corrected chi connectivity index (χ4v) is 1.84. The zero-order chi connectivity index (χ0) is 11.0. The summed E-state index contributed by atoms with van der Waals surface area (Å²) >= 11 is 0. The normalized spacial score (nSPS) is 28.4. The zero-order valence-electron chi connectivity index (χ0n) is 8.24. The van der Waals surface area contributed by atoms with Crippen LogP contribution in [0.5, 0.6) is 0 Å². The van der Waals surface area contributed by atoms with Crippen LogP contribution in [0.3, 0.4) is 0 Å². The van der Waals surface area contributed by atoms with Crippen molar-refractivity contribution in [1.29, 1.82) is 0 Å². The van der Waals surface area contributed by atoms with Gasteiger partial charge in [0.1, 0.15) is 5.41 Å². The lowest BCUT2D eigenvalue weighted by atomic mass is 9.77. The number of rotatable bonds is 2. The summed E-state index contributed by atoms with van der Waals surface area (Å²) in [6.45, 7) is 3.01. The van der Waals surface area contributed by atoms with E-state index in [0.29, 0.717) is 0 Å². The van der Waals surface area contributed by atoms with E-state index in [1.54, 1.807) is 0 Å². The van der Waals surface area contributed by atoms with E-state index in [-0.39, 0.29) is 19.5 Å². The number of hydrogen-bond acceptors (Lipinski definition) is 2. The summed E-state index contributed by atoms with van der Waals surface area (Å²) in [7, 11) is 0. The molecule has 0 aliphatic carbocycles. The molecule has 1 aliphatic heterocycles. The Balaban J connectivity index is 2.99. The molecule has 1 N–H and O–H groups in total. The highest BCUT2D eigenvalue weighted by Crippen LogP contribution is 2.45. The third-order valence-electron chi connectivity index (χ3n) is 2.69. The smallest absolute Gasteiger partial charge is 0.315 e. The van der Waals surface area contributed by atoms with E-state index < -0.39 is 23.3 Å². The quantitative estimate of drug-likeness (QED) is 0.750. The van der Waals surface area contributed by atoms with E-state index in [2.05, 4.69) is 5.32 Å². The number of ketones is 1. The van der Waals surface area contributed by atoms with Crippen molar-refractivity contribution in [2.24, 2.45) is 11.3 Å². The number of nitrogens with one attached hydrogen (secondary N) is 1. The highest BCUT2D eigenvalue weighted by molar-refractivity contribution is 5.88. The molecule has 0 radical (unpaired) electrons. The Labute approximate surface area is 80.9 Å².